The molecule has 5 heteroatoms. The smallest absolute Gasteiger partial charge is 0.233 e. The molecule has 0 unspecified atom stereocenters. The van der Waals surface area contributed by atoms with Crippen LogP contribution in [0.3, 0.4) is 0 Å². The number of rotatable bonds is 7. The highest BCUT2D eigenvalue weighted by Gasteiger charge is 2.26. The first-order chi connectivity index (χ1) is 22.2. The largest absolute Gasteiger partial charge is 0.309 e. The van der Waals surface area contributed by atoms with E-state index in [1.807, 2.05) is 77.4 Å². The minimum atomic E-state index is -0.757. The predicted molar refractivity (Wildman–Crippen MR) is 188 cm³/mol. The van der Waals surface area contributed by atoms with Gasteiger partial charge in [-0.3, -0.25) is 19.2 Å². The van der Waals surface area contributed by atoms with Crippen LogP contribution in [0.5, 0.6) is 0 Å². The van der Waals surface area contributed by atoms with E-state index < -0.39 is 23.1 Å². The lowest BCUT2D eigenvalue weighted by molar-refractivity contribution is 0.0812. The Morgan fingerprint density at radius 1 is 0.426 bits per heavy atom. The number of hydrogen-bond donors (Lipinski definition) is 0. The van der Waals surface area contributed by atoms with E-state index >= 15 is 0 Å². The summed E-state index contributed by atoms with van der Waals surface area (Å²) in [5, 5.41) is 2.00. The van der Waals surface area contributed by atoms with Crippen LogP contribution < -0.4 is 0 Å². The van der Waals surface area contributed by atoms with Gasteiger partial charge in [0.2, 0.25) is 23.1 Å². The molecule has 0 atom stereocenters. The first-order valence-corrected chi connectivity index (χ1v) is 15.8. The zero-order chi connectivity index (χ0) is 33.7. The number of ketones is 4. The number of Topliss-reactive ketones (excluding diaryl/α,β-unsaturated/α-hetero) is 4. The minimum absolute atomic E-state index is 0.0356. The Balaban J connectivity index is 1.48. The molecule has 0 aliphatic heterocycles. The second-order valence-electron chi connectivity index (χ2n) is 14.1. The van der Waals surface area contributed by atoms with Crippen LogP contribution in [0, 0.1) is 0 Å². The van der Waals surface area contributed by atoms with Gasteiger partial charge in [-0.05, 0) is 52.3 Å². The molecule has 0 amide bonds. The van der Waals surface area contributed by atoms with Gasteiger partial charge in [-0.15, -0.1) is 0 Å². The summed E-state index contributed by atoms with van der Waals surface area (Å²) in [5.74, 6) is -2.89. The van der Waals surface area contributed by atoms with Crippen molar-refractivity contribution in [2.45, 2.75) is 52.4 Å². The Bertz CT molecular complexity index is 2050. The number of carbonyl (C=O) groups excluding carboxylic acids is 4. The third-order valence-electron chi connectivity index (χ3n) is 8.72. The van der Waals surface area contributed by atoms with Crippen molar-refractivity contribution in [1.29, 1.82) is 0 Å². The average Bonchev–Trinajstić information content (AvgIpc) is 3.40. The van der Waals surface area contributed by atoms with Gasteiger partial charge in [-0.2, -0.15) is 0 Å². The Labute approximate surface area is 274 Å². The number of para-hydroxylation sites is 2. The van der Waals surface area contributed by atoms with Crippen LogP contribution in [0.25, 0.3) is 27.5 Å². The van der Waals surface area contributed by atoms with Crippen LogP contribution in [0.15, 0.2) is 115 Å². The molecule has 234 valence electrons. The van der Waals surface area contributed by atoms with Crippen LogP contribution in [-0.4, -0.2) is 27.7 Å². The molecular formula is C42H37NO4. The molecule has 6 rings (SSSR count). The Kier molecular flexibility index (Phi) is 7.88. The second kappa shape index (κ2) is 11.7. The van der Waals surface area contributed by atoms with Crippen molar-refractivity contribution < 1.29 is 19.2 Å². The summed E-state index contributed by atoms with van der Waals surface area (Å²) < 4.78 is 1.96. The lowest BCUT2D eigenvalue weighted by Crippen LogP contribution is -2.19. The van der Waals surface area contributed by atoms with Gasteiger partial charge in [0.1, 0.15) is 0 Å². The van der Waals surface area contributed by atoms with Gasteiger partial charge >= 0.3 is 0 Å². The van der Waals surface area contributed by atoms with Crippen molar-refractivity contribution in [1.82, 2.24) is 4.57 Å². The zero-order valence-corrected chi connectivity index (χ0v) is 27.5. The second-order valence-corrected chi connectivity index (χ2v) is 14.1. The number of benzene rings is 5. The molecule has 0 N–H and O–H groups in total. The fourth-order valence-corrected chi connectivity index (χ4v) is 5.97. The van der Waals surface area contributed by atoms with Crippen molar-refractivity contribution in [2.75, 3.05) is 0 Å². The number of aromatic nitrogens is 1. The minimum Gasteiger partial charge on any atom is -0.309 e. The molecular weight excluding hydrogens is 582 g/mol. The Hall–Kier alpha value is -5.42. The Morgan fingerprint density at radius 2 is 0.766 bits per heavy atom. The molecule has 47 heavy (non-hydrogen) atoms. The van der Waals surface area contributed by atoms with E-state index in [0.717, 1.165) is 32.9 Å². The predicted octanol–water partition coefficient (Wildman–Crippen LogP) is 9.51. The van der Waals surface area contributed by atoms with E-state index in [1.54, 1.807) is 36.4 Å². The summed E-state index contributed by atoms with van der Waals surface area (Å²) in [6.45, 7) is 12.5. The highest BCUT2D eigenvalue weighted by atomic mass is 16.2. The molecule has 1 heterocycles. The maximum absolute atomic E-state index is 13.9. The molecule has 0 bridgehead atoms. The summed E-state index contributed by atoms with van der Waals surface area (Å²) in [4.78, 5) is 54.9. The van der Waals surface area contributed by atoms with Gasteiger partial charge in [-0.25, -0.2) is 0 Å². The highest BCUT2D eigenvalue weighted by molar-refractivity contribution is 6.51. The molecule has 0 fully saturated rings. The van der Waals surface area contributed by atoms with Crippen LogP contribution in [0.4, 0.5) is 0 Å². The summed E-state index contributed by atoms with van der Waals surface area (Å²) in [5.41, 5.74) is 4.67. The van der Waals surface area contributed by atoms with Crippen molar-refractivity contribution in [3.05, 3.63) is 149 Å². The van der Waals surface area contributed by atoms with Gasteiger partial charge in [0.15, 0.2) is 0 Å². The van der Waals surface area contributed by atoms with Crippen molar-refractivity contribution >= 4 is 44.9 Å². The number of hydrogen-bond acceptors (Lipinski definition) is 4. The first-order valence-electron chi connectivity index (χ1n) is 15.8. The van der Waals surface area contributed by atoms with E-state index in [1.165, 1.54) is 6.07 Å². The Morgan fingerprint density at radius 3 is 1.13 bits per heavy atom. The third kappa shape index (κ3) is 5.97. The summed E-state index contributed by atoms with van der Waals surface area (Å²) in [6, 6.07) is 34.4. The third-order valence-corrected chi connectivity index (χ3v) is 8.72. The van der Waals surface area contributed by atoms with Crippen LogP contribution in [0.2, 0.25) is 0 Å². The lowest BCUT2D eigenvalue weighted by Gasteiger charge is -2.19. The van der Waals surface area contributed by atoms with E-state index in [0.29, 0.717) is 5.69 Å². The highest BCUT2D eigenvalue weighted by Crippen LogP contribution is 2.33. The van der Waals surface area contributed by atoms with Gasteiger partial charge in [0.25, 0.3) is 0 Å². The van der Waals surface area contributed by atoms with E-state index in [9.17, 15) is 19.2 Å². The van der Waals surface area contributed by atoms with Crippen molar-refractivity contribution in [2.24, 2.45) is 0 Å². The van der Waals surface area contributed by atoms with Crippen LogP contribution in [0.1, 0.15) is 94.1 Å². The fourth-order valence-electron chi connectivity index (χ4n) is 5.97. The fraction of sp³-hybridized carbons (Fsp3) is 0.190. The van der Waals surface area contributed by atoms with Crippen LogP contribution >= 0.6 is 0 Å². The maximum Gasteiger partial charge on any atom is 0.233 e. The normalized spacial score (nSPS) is 12.0. The maximum atomic E-state index is 13.9. The topological polar surface area (TPSA) is 73.2 Å². The summed E-state index contributed by atoms with van der Waals surface area (Å²) in [6.07, 6.45) is 0. The van der Waals surface area contributed by atoms with Gasteiger partial charge in [0, 0.05) is 38.7 Å². The molecule has 5 nitrogen and oxygen atoms in total. The molecule has 0 spiro atoms. The average molecular weight is 620 g/mol. The van der Waals surface area contributed by atoms with Gasteiger partial charge < -0.3 is 4.57 Å². The summed E-state index contributed by atoms with van der Waals surface area (Å²) >= 11 is 0. The SMILES string of the molecule is CC(C)(C)c1ccc(C(=O)C(=O)c2cc(C(=O)C(=O)c3ccc(C(C)(C)C)cc3)cc(-n3c4ccccc4c4ccccc43)c2)cc1. The standard InChI is InChI=1S/C42H37NO4/c1-41(2,3)30-19-15-26(16-20-30)37(44)39(46)28-23-29(40(47)38(45)27-17-21-31(22-18-27)42(4,5)6)25-32(24-28)43-35-13-9-7-11-33(35)34-12-8-10-14-36(34)43/h7-25H,1-6H3. The molecule has 1 aromatic heterocycles. The molecule has 0 saturated heterocycles. The molecule has 5 aromatic carbocycles. The van der Waals surface area contributed by atoms with Crippen molar-refractivity contribution in [3.63, 3.8) is 0 Å². The van der Waals surface area contributed by atoms with E-state index in [2.05, 4.69) is 41.5 Å². The number of carbonyl (C=O) groups is 4. The molecule has 0 saturated carbocycles. The van der Waals surface area contributed by atoms with Crippen LogP contribution in [-0.2, 0) is 10.8 Å². The summed E-state index contributed by atoms with van der Waals surface area (Å²) in [7, 11) is 0. The molecule has 0 radical (unpaired) electrons. The number of nitrogens with zero attached hydrogens (tertiary/aromatic N) is 1. The monoisotopic (exact) mass is 619 g/mol. The van der Waals surface area contributed by atoms with Gasteiger partial charge in [0.05, 0.1) is 11.0 Å². The number of fused-ring (bicyclic) bond motifs is 3. The zero-order valence-electron chi connectivity index (χ0n) is 27.5. The van der Waals surface area contributed by atoms with E-state index in [4.69, 9.17) is 0 Å². The lowest BCUT2D eigenvalue weighted by atomic mass is 9.86. The van der Waals surface area contributed by atoms with Gasteiger partial charge in [-0.1, -0.05) is 126 Å². The molecule has 6 aromatic rings. The van der Waals surface area contributed by atoms with Crippen molar-refractivity contribution in [3.8, 4) is 5.69 Å². The quantitative estimate of drug-likeness (QED) is 0.132. The van der Waals surface area contributed by atoms with E-state index in [-0.39, 0.29) is 33.1 Å². The first kappa shape index (κ1) is 31.6. The molecule has 0 aliphatic rings. The molecule has 0 aliphatic carbocycles.